The van der Waals surface area contributed by atoms with Gasteiger partial charge in [-0.05, 0) is 79.4 Å². The highest BCUT2D eigenvalue weighted by Crippen LogP contribution is 2.44. The largest absolute Gasteiger partial charge is 0.490 e. The Morgan fingerprint density at radius 2 is 0.924 bits per heavy atom. The van der Waals surface area contributed by atoms with Crippen LogP contribution in [0, 0.1) is 0 Å². The minimum Gasteiger partial charge on any atom is -0.490 e. The summed E-state index contributed by atoms with van der Waals surface area (Å²) in [6, 6.07) is 19.8. The molecule has 0 aliphatic heterocycles. The van der Waals surface area contributed by atoms with Crippen molar-refractivity contribution >= 4 is 51.1 Å². The van der Waals surface area contributed by atoms with Gasteiger partial charge in [0.05, 0.1) is 18.1 Å². The fourth-order valence-corrected chi connectivity index (χ4v) is 11.9. The third-order valence-corrected chi connectivity index (χ3v) is 16.3. The number of H-pyrrole nitrogens is 1. The smallest absolute Gasteiger partial charge is 0.280 e. The van der Waals surface area contributed by atoms with E-state index >= 15 is 0 Å². The molecule has 0 fully saturated rings. The number of benzene rings is 1. The summed E-state index contributed by atoms with van der Waals surface area (Å²) in [6.45, 7) is 9.00. The van der Waals surface area contributed by atoms with Crippen molar-refractivity contribution in [3.05, 3.63) is 65.0 Å². The fraction of sp³-hybridized carbons (Fsp3) is 0.582. The van der Waals surface area contributed by atoms with Crippen LogP contribution in [0.3, 0.4) is 0 Å². The molecule has 0 unspecified atom stereocenters. The van der Waals surface area contributed by atoms with Crippen molar-refractivity contribution in [3.8, 4) is 52.1 Å². The van der Waals surface area contributed by atoms with Crippen molar-refractivity contribution in [1.82, 2.24) is 19.5 Å². The summed E-state index contributed by atoms with van der Waals surface area (Å²) in [6.07, 6.45) is 33.3. The first-order chi connectivity index (χ1) is 32.5. The van der Waals surface area contributed by atoms with E-state index in [0.29, 0.717) is 17.8 Å². The molecule has 0 atom stereocenters. The molecular formula is C55H79N5O3S3. The van der Waals surface area contributed by atoms with Gasteiger partial charge in [-0.25, -0.2) is 4.98 Å². The lowest BCUT2D eigenvalue weighted by Gasteiger charge is -2.14. The highest BCUT2D eigenvalue weighted by atomic mass is 32.1. The number of aryl methyl sites for hydroxylation is 1. The Bertz CT molecular complexity index is 2340. The highest BCUT2D eigenvalue weighted by Gasteiger charge is 2.20. The van der Waals surface area contributed by atoms with E-state index < -0.39 is 0 Å². The summed E-state index contributed by atoms with van der Waals surface area (Å²) >= 11 is 5.34. The second-order valence-corrected chi connectivity index (χ2v) is 21.4. The van der Waals surface area contributed by atoms with E-state index in [4.69, 9.17) is 20.2 Å². The summed E-state index contributed by atoms with van der Waals surface area (Å²) in [5, 5.41) is 0. The third kappa shape index (κ3) is 16.1. The first kappa shape index (κ1) is 51.5. The van der Waals surface area contributed by atoms with Gasteiger partial charge in [-0.1, -0.05) is 168 Å². The third-order valence-electron chi connectivity index (χ3n) is 12.6. The van der Waals surface area contributed by atoms with Crippen molar-refractivity contribution in [2.45, 2.75) is 194 Å². The minimum absolute atomic E-state index is 0.118. The number of rotatable bonds is 35. The number of nitrogens with one attached hydrogen (secondary N) is 1. The number of imidazole rings is 1. The van der Waals surface area contributed by atoms with Crippen molar-refractivity contribution in [2.75, 3.05) is 18.9 Å². The number of nitrogens with two attached hydrogens (primary N) is 1. The zero-order valence-electron chi connectivity index (χ0n) is 40.6. The zero-order chi connectivity index (χ0) is 46.2. The quantitative estimate of drug-likeness (QED) is 0.0384. The molecule has 3 N–H and O–H groups in total. The standard InChI is InChI=1S/C55H79N5O3S3/c1-4-7-10-13-16-18-20-22-25-28-39-62-43-31-30-42(41-44(43)63-40-29-26-23-21-19-17-14-11-8-5-2)45-32-33-46(64-45)47-34-35-48(65-47)49-36-37-50(66-49)52-57-51-53(58-55(56)59-54(51)61)60(52)38-27-24-15-12-9-6-3/h30-37,41H,4-29,38-40H2,1-3H3,(H3,56,58,59,61). The van der Waals surface area contributed by atoms with Gasteiger partial charge in [-0.15, -0.1) is 34.0 Å². The van der Waals surface area contributed by atoms with Gasteiger partial charge in [0.15, 0.2) is 28.5 Å². The number of unbranched alkanes of at least 4 members (excludes halogenated alkanes) is 23. The van der Waals surface area contributed by atoms with Crippen LogP contribution in [0.2, 0.25) is 0 Å². The van der Waals surface area contributed by atoms with Crippen LogP contribution in [-0.4, -0.2) is 32.7 Å². The number of nitrogen functional groups attached to an aromatic ring is 1. The molecule has 0 amide bonds. The van der Waals surface area contributed by atoms with Gasteiger partial charge in [-0.3, -0.25) is 9.78 Å². The van der Waals surface area contributed by atoms with E-state index in [-0.39, 0.29) is 11.5 Å². The van der Waals surface area contributed by atoms with Gasteiger partial charge in [0.25, 0.3) is 5.56 Å². The molecule has 5 aromatic heterocycles. The molecule has 0 saturated heterocycles. The Morgan fingerprint density at radius 1 is 0.500 bits per heavy atom. The average molecular weight is 954 g/mol. The maximum absolute atomic E-state index is 12.9. The molecule has 6 rings (SSSR count). The Kier molecular flexibility index (Phi) is 22.7. The van der Waals surface area contributed by atoms with E-state index in [1.165, 1.54) is 166 Å². The number of fused-ring (bicyclic) bond motifs is 1. The van der Waals surface area contributed by atoms with Gasteiger partial charge in [0.1, 0.15) is 0 Å². The first-order valence-corrected chi connectivity index (χ1v) is 28.4. The molecule has 1 aromatic carbocycles. The number of anilines is 1. The van der Waals surface area contributed by atoms with Crippen LogP contribution in [0.1, 0.15) is 188 Å². The zero-order valence-corrected chi connectivity index (χ0v) is 43.0. The predicted octanol–water partition coefficient (Wildman–Crippen LogP) is 17.5. The Hall–Kier alpha value is -3.93. The molecule has 360 valence electrons. The number of ether oxygens (including phenoxy) is 2. The van der Waals surface area contributed by atoms with Gasteiger partial charge in [0.2, 0.25) is 5.95 Å². The minimum atomic E-state index is -0.299. The van der Waals surface area contributed by atoms with Crippen molar-refractivity contribution < 1.29 is 9.47 Å². The number of aromatic nitrogens is 4. The van der Waals surface area contributed by atoms with Crippen molar-refractivity contribution in [2.24, 2.45) is 0 Å². The van der Waals surface area contributed by atoms with Crippen molar-refractivity contribution in [3.63, 3.8) is 0 Å². The molecule has 0 bridgehead atoms. The van der Waals surface area contributed by atoms with Crippen molar-refractivity contribution in [1.29, 1.82) is 0 Å². The lowest BCUT2D eigenvalue weighted by Crippen LogP contribution is -2.12. The van der Waals surface area contributed by atoms with E-state index in [1.54, 1.807) is 11.3 Å². The van der Waals surface area contributed by atoms with Gasteiger partial charge in [0, 0.05) is 30.9 Å². The van der Waals surface area contributed by atoms with E-state index in [9.17, 15) is 4.79 Å². The monoisotopic (exact) mass is 954 g/mol. The Morgan fingerprint density at radius 3 is 1.45 bits per heavy atom. The van der Waals surface area contributed by atoms with Crippen LogP contribution in [-0.2, 0) is 6.54 Å². The van der Waals surface area contributed by atoms with Gasteiger partial charge in [-0.2, -0.15) is 4.98 Å². The summed E-state index contributed by atoms with van der Waals surface area (Å²) in [4.78, 5) is 32.0. The number of thiophene rings is 3. The highest BCUT2D eigenvalue weighted by molar-refractivity contribution is 7.27. The maximum atomic E-state index is 12.9. The molecule has 0 aliphatic rings. The number of nitrogens with zero attached hydrogens (tertiary/aromatic N) is 3. The molecule has 5 heterocycles. The molecule has 0 radical (unpaired) electrons. The Labute approximate surface area is 408 Å². The summed E-state index contributed by atoms with van der Waals surface area (Å²) in [5.74, 6) is 2.62. The normalized spacial score (nSPS) is 11.6. The lowest BCUT2D eigenvalue weighted by molar-refractivity contribution is 0.258. The molecule has 8 nitrogen and oxygen atoms in total. The number of hydrogen-bond acceptors (Lipinski definition) is 9. The van der Waals surface area contributed by atoms with Crippen LogP contribution in [0.25, 0.3) is 51.8 Å². The second kappa shape index (κ2) is 29.1. The molecule has 66 heavy (non-hydrogen) atoms. The molecular weight excluding hydrogens is 875 g/mol. The first-order valence-electron chi connectivity index (χ1n) is 26.0. The van der Waals surface area contributed by atoms with Gasteiger partial charge < -0.3 is 19.8 Å². The fourth-order valence-electron chi connectivity index (χ4n) is 8.73. The van der Waals surface area contributed by atoms with E-state index in [1.807, 2.05) is 22.7 Å². The lowest BCUT2D eigenvalue weighted by atomic mass is 10.1. The number of hydrogen-bond donors (Lipinski definition) is 2. The van der Waals surface area contributed by atoms with Crippen LogP contribution in [0.4, 0.5) is 5.95 Å². The maximum Gasteiger partial charge on any atom is 0.280 e. The average Bonchev–Trinajstić information content (AvgIpc) is 4.16. The molecule has 6 aromatic rings. The molecule has 11 heteroatoms. The van der Waals surface area contributed by atoms with Crippen LogP contribution < -0.4 is 20.8 Å². The summed E-state index contributed by atoms with van der Waals surface area (Å²) in [5.41, 5.74) is 7.77. The van der Waals surface area contributed by atoms with Crippen LogP contribution >= 0.6 is 34.0 Å². The second-order valence-electron chi connectivity index (χ2n) is 18.2. The predicted molar refractivity (Wildman–Crippen MR) is 286 cm³/mol. The molecule has 0 saturated carbocycles. The summed E-state index contributed by atoms with van der Waals surface area (Å²) in [7, 11) is 0. The van der Waals surface area contributed by atoms with E-state index in [0.717, 1.165) is 66.6 Å². The number of aromatic amines is 1. The Balaban J connectivity index is 1.08. The molecule has 0 aliphatic carbocycles. The SMILES string of the molecule is CCCCCCCCCCCCOc1ccc(-c2ccc(-c3ccc(-c4ccc(-c5nc6c(=O)[nH]c(N)nc6n5CCCCCCCC)s4)s3)s2)cc1OCCCCCCCCCCCC. The molecule has 0 spiro atoms. The van der Waals surface area contributed by atoms with Crippen LogP contribution in [0.5, 0.6) is 11.5 Å². The van der Waals surface area contributed by atoms with E-state index in [2.05, 4.69) is 89.9 Å². The summed E-state index contributed by atoms with van der Waals surface area (Å²) < 4.78 is 15.0. The topological polar surface area (TPSA) is 108 Å². The van der Waals surface area contributed by atoms with Gasteiger partial charge >= 0.3 is 0 Å². The van der Waals surface area contributed by atoms with Crippen LogP contribution in [0.15, 0.2) is 59.4 Å².